The van der Waals surface area contributed by atoms with Crippen molar-refractivity contribution >= 4 is 11.6 Å². The van der Waals surface area contributed by atoms with E-state index in [1.54, 1.807) is 14.2 Å². The Kier molecular flexibility index (Phi) is 5.62. The van der Waals surface area contributed by atoms with Crippen LogP contribution in [0.1, 0.15) is 31.9 Å². The molecule has 0 aromatic heterocycles. The molecule has 0 unspecified atom stereocenters. The fraction of sp³-hybridized carbons (Fsp3) is 0.438. The number of aliphatic imine (C=N–C) groups is 1. The molecule has 0 spiro atoms. The molecule has 0 saturated heterocycles. The molecule has 2 N–H and O–H groups in total. The molecule has 0 aliphatic rings. The molecular formula is C16H24N2O2. The molecule has 0 atom stereocenters. The Labute approximate surface area is 121 Å². The van der Waals surface area contributed by atoms with Crippen LogP contribution in [0.2, 0.25) is 0 Å². The first-order valence-electron chi connectivity index (χ1n) is 6.65. The number of methoxy groups -OCH3 is 1. The van der Waals surface area contributed by atoms with Gasteiger partial charge in [0.2, 0.25) is 5.90 Å². The van der Waals surface area contributed by atoms with Gasteiger partial charge in [-0.05, 0) is 57.0 Å². The quantitative estimate of drug-likeness (QED) is 0.679. The van der Waals surface area contributed by atoms with Gasteiger partial charge >= 0.3 is 0 Å². The van der Waals surface area contributed by atoms with E-state index in [-0.39, 0.29) is 6.10 Å². The molecule has 1 aromatic rings. The molecule has 0 heterocycles. The summed E-state index contributed by atoms with van der Waals surface area (Å²) in [6.45, 7) is 7.92. The molecule has 0 aliphatic heterocycles. The first kappa shape index (κ1) is 16.1. The highest BCUT2D eigenvalue weighted by Crippen LogP contribution is 2.24. The summed E-state index contributed by atoms with van der Waals surface area (Å²) in [7, 11) is 3.27. The molecule has 0 radical (unpaired) electrons. The molecule has 4 nitrogen and oxygen atoms in total. The molecule has 20 heavy (non-hydrogen) atoms. The number of hydrogen-bond acceptors (Lipinski definition) is 4. The minimum absolute atomic E-state index is 0.154. The standard InChI is InChI=1S/C16H24N2O2/c1-10(2)20-14-8-7-13(9-11(14)3)15(17)12(4)16(18-5)19-6/h7-10H,17H2,1-6H3. The molecule has 1 rings (SSSR count). The predicted molar refractivity (Wildman–Crippen MR) is 84.1 cm³/mol. The van der Waals surface area contributed by atoms with E-state index in [2.05, 4.69) is 4.99 Å². The Balaban J connectivity index is 3.15. The summed E-state index contributed by atoms with van der Waals surface area (Å²) in [4.78, 5) is 4.06. The highest BCUT2D eigenvalue weighted by Gasteiger charge is 2.10. The fourth-order valence-corrected chi connectivity index (χ4v) is 1.95. The maximum Gasteiger partial charge on any atom is 0.213 e. The summed E-state index contributed by atoms with van der Waals surface area (Å²) >= 11 is 0. The summed E-state index contributed by atoms with van der Waals surface area (Å²) in [6.07, 6.45) is 0.154. The number of rotatable bonds is 4. The van der Waals surface area contributed by atoms with Crippen molar-refractivity contribution in [2.75, 3.05) is 14.2 Å². The topological polar surface area (TPSA) is 56.8 Å². The van der Waals surface area contributed by atoms with E-state index in [1.807, 2.05) is 45.9 Å². The SMILES string of the molecule is CN=C(OC)C(C)=C(N)c1ccc(OC(C)C)c(C)c1. The molecule has 0 aliphatic carbocycles. The van der Waals surface area contributed by atoms with Crippen LogP contribution >= 0.6 is 0 Å². The van der Waals surface area contributed by atoms with Gasteiger partial charge in [-0.1, -0.05) is 0 Å². The van der Waals surface area contributed by atoms with Gasteiger partial charge in [-0.2, -0.15) is 0 Å². The molecule has 4 heteroatoms. The molecule has 0 saturated carbocycles. The highest BCUT2D eigenvalue weighted by molar-refractivity contribution is 6.00. The fourth-order valence-electron chi connectivity index (χ4n) is 1.95. The Morgan fingerprint density at radius 3 is 2.40 bits per heavy atom. The largest absolute Gasteiger partial charge is 0.491 e. The van der Waals surface area contributed by atoms with Gasteiger partial charge in [0.05, 0.1) is 13.2 Å². The normalized spacial score (nSPS) is 13.2. The molecular weight excluding hydrogens is 252 g/mol. The van der Waals surface area contributed by atoms with E-state index in [0.29, 0.717) is 11.6 Å². The van der Waals surface area contributed by atoms with E-state index in [4.69, 9.17) is 15.2 Å². The van der Waals surface area contributed by atoms with E-state index < -0.39 is 0 Å². The highest BCUT2D eigenvalue weighted by atomic mass is 16.5. The smallest absolute Gasteiger partial charge is 0.213 e. The number of nitrogens with two attached hydrogens (primary N) is 1. The van der Waals surface area contributed by atoms with Gasteiger partial charge in [0.1, 0.15) is 5.75 Å². The van der Waals surface area contributed by atoms with Crippen LogP contribution in [0, 0.1) is 6.92 Å². The van der Waals surface area contributed by atoms with E-state index in [0.717, 1.165) is 22.4 Å². The Hall–Kier alpha value is -1.97. The van der Waals surface area contributed by atoms with Crippen molar-refractivity contribution in [2.45, 2.75) is 33.8 Å². The van der Waals surface area contributed by atoms with Gasteiger partial charge in [0.15, 0.2) is 0 Å². The van der Waals surface area contributed by atoms with Crippen LogP contribution < -0.4 is 10.5 Å². The lowest BCUT2D eigenvalue weighted by molar-refractivity contribution is 0.241. The van der Waals surface area contributed by atoms with Crippen LogP contribution in [-0.4, -0.2) is 26.2 Å². The average Bonchev–Trinajstić information content (AvgIpc) is 2.41. The third-order valence-corrected chi connectivity index (χ3v) is 2.97. The number of ether oxygens (including phenoxy) is 2. The number of benzene rings is 1. The predicted octanol–water partition coefficient (Wildman–Crippen LogP) is 3.15. The minimum atomic E-state index is 0.154. The summed E-state index contributed by atoms with van der Waals surface area (Å²) in [5.74, 6) is 1.42. The number of hydrogen-bond donors (Lipinski definition) is 1. The zero-order chi connectivity index (χ0) is 15.3. The monoisotopic (exact) mass is 276 g/mol. The first-order chi connectivity index (χ1) is 9.40. The lowest BCUT2D eigenvalue weighted by Gasteiger charge is -2.14. The third kappa shape index (κ3) is 3.76. The van der Waals surface area contributed by atoms with Crippen LogP contribution in [0.3, 0.4) is 0 Å². The van der Waals surface area contributed by atoms with Crippen LogP contribution in [0.4, 0.5) is 0 Å². The van der Waals surface area contributed by atoms with E-state index in [9.17, 15) is 0 Å². The summed E-state index contributed by atoms with van der Waals surface area (Å²) < 4.78 is 10.9. The lowest BCUT2D eigenvalue weighted by Crippen LogP contribution is -2.11. The van der Waals surface area contributed by atoms with Crippen molar-refractivity contribution in [2.24, 2.45) is 10.7 Å². The second kappa shape index (κ2) is 6.98. The number of nitrogens with zero attached hydrogens (tertiary/aromatic N) is 1. The van der Waals surface area contributed by atoms with E-state index in [1.165, 1.54) is 0 Å². The van der Waals surface area contributed by atoms with Gasteiger partial charge in [-0.15, -0.1) is 0 Å². The van der Waals surface area contributed by atoms with Crippen molar-refractivity contribution in [1.29, 1.82) is 0 Å². The van der Waals surface area contributed by atoms with E-state index >= 15 is 0 Å². The minimum Gasteiger partial charge on any atom is -0.491 e. The van der Waals surface area contributed by atoms with Crippen molar-refractivity contribution in [3.63, 3.8) is 0 Å². The second-order valence-electron chi connectivity index (χ2n) is 4.92. The van der Waals surface area contributed by atoms with Gasteiger partial charge in [0, 0.05) is 18.3 Å². The van der Waals surface area contributed by atoms with Crippen molar-refractivity contribution in [1.82, 2.24) is 0 Å². The zero-order valence-electron chi connectivity index (χ0n) is 13.2. The Morgan fingerprint density at radius 1 is 1.30 bits per heavy atom. The van der Waals surface area contributed by atoms with Gasteiger partial charge in [-0.25, -0.2) is 0 Å². The summed E-state index contributed by atoms with van der Waals surface area (Å²) in [6, 6.07) is 5.91. The maximum absolute atomic E-state index is 6.19. The molecule has 0 fully saturated rings. The van der Waals surface area contributed by atoms with Crippen molar-refractivity contribution in [3.8, 4) is 5.75 Å². The average molecular weight is 276 g/mol. The summed E-state index contributed by atoms with van der Waals surface area (Å²) in [5.41, 5.74) is 9.67. The van der Waals surface area contributed by atoms with Gasteiger partial charge < -0.3 is 15.2 Å². The van der Waals surface area contributed by atoms with Gasteiger partial charge in [0.25, 0.3) is 0 Å². The molecule has 0 amide bonds. The van der Waals surface area contributed by atoms with Crippen molar-refractivity contribution in [3.05, 3.63) is 34.9 Å². The number of aryl methyl sites for hydroxylation is 1. The molecule has 110 valence electrons. The van der Waals surface area contributed by atoms with Crippen LogP contribution in [-0.2, 0) is 4.74 Å². The van der Waals surface area contributed by atoms with Crippen LogP contribution in [0.25, 0.3) is 5.70 Å². The summed E-state index contributed by atoms with van der Waals surface area (Å²) in [5, 5.41) is 0. The van der Waals surface area contributed by atoms with Gasteiger partial charge in [-0.3, -0.25) is 4.99 Å². The second-order valence-corrected chi connectivity index (χ2v) is 4.92. The Bertz CT molecular complexity index is 531. The molecule has 0 bridgehead atoms. The molecule has 1 aromatic carbocycles. The maximum atomic E-state index is 6.19. The zero-order valence-corrected chi connectivity index (χ0v) is 13.2. The Morgan fingerprint density at radius 2 is 1.95 bits per heavy atom. The van der Waals surface area contributed by atoms with Crippen molar-refractivity contribution < 1.29 is 9.47 Å². The third-order valence-electron chi connectivity index (χ3n) is 2.97. The first-order valence-corrected chi connectivity index (χ1v) is 6.65. The van der Waals surface area contributed by atoms with Crippen LogP contribution in [0.5, 0.6) is 5.75 Å². The van der Waals surface area contributed by atoms with Crippen LogP contribution in [0.15, 0.2) is 28.8 Å². The lowest BCUT2D eigenvalue weighted by atomic mass is 10.0.